The SMILES string of the molecule is COCC(=O)C12CC(C(C)=Cc3csc(C)n3)OC(=O)CCC(C)(C)C(=O)C(C)CC(C)CCCC1N2. The molecule has 0 saturated carbocycles. The smallest absolute Gasteiger partial charge is 0.306 e. The summed E-state index contributed by atoms with van der Waals surface area (Å²) in [5, 5.41) is 6.38. The molecule has 37 heavy (non-hydrogen) atoms. The molecule has 2 saturated heterocycles. The lowest BCUT2D eigenvalue weighted by molar-refractivity contribution is -0.149. The monoisotopic (exact) mass is 532 g/mol. The summed E-state index contributed by atoms with van der Waals surface area (Å²) in [5.74, 6) is 0.198. The van der Waals surface area contributed by atoms with Gasteiger partial charge >= 0.3 is 5.97 Å². The number of Topliss-reactive ketones (excluding diaryl/α,β-unsaturated/α-hetero) is 2. The fourth-order valence-corrected chi connectivity index (χ4v) is 6.29. The van der Waals surface area contributed by atoms with Crippen molar-refractivity contribution in [2.75, 3.05) is 13.7 Å². The third kappa shape index (κ3) is 7.58. The van der Waals surface area contributed by atoms with Gasteiger partial charge in [0.25, 0.3) is 0 Å². The van der Waals surface area contributed by atoms with Crippen molar-refractivity contribution in [2.45, 2.75) is 104 Å². The number of esters is 1. The summed E-state index contributed by atoms with van der Waals surface area (Å²) in [7, 11) is 1.53. The zero-order chi connectivity index (χ0) is 27.4. The summed E-state index contributed by atoms with van der Waals surface area (Å²) in [6, 6.07) is 0.0174. The van der Waals surface area contributed by atoms with Crippen molar-refractivity contribution in [2.24, 2.45) is 17.3 Å². The minimum absolute atomic E-state index is 0.00660. The largest absolute Gasteiger partial charge is 0.458 e. The molecule has 2 fully saturated rings. The number of cyclic esters (lactones) is 1. The Hall–Kier alpha value is -1.90. The number of ether oxygens (including phenoxy) is 2. The van der Waals surface area contributed by atoms with Crippen LogP contribution in [0.1, 0.15) is 90.3 Å². The second-order valence-electron chi connectivity index (χ2n) is 11.8. The summed E-state index contributed by atoms with van der Waals surface area (Å²) < 4.78 is 11.3. The van der Waals surface area contributed by atoms with E-state index in [0.717, 1.165) is 42.0 Å². The molecule has 3 rings (SSSR count). The summed E-state index contributed by atoms with van der Waals surface area (Å²) in [5.41, 5.74) is 0.286. The number of nitrogens with one attached hydrogen (secondary N) is 1. The van der Waals surface area contributed by atoms with E-state index in [4.69, 9.17) is 9.47 Å². The van der Waals surface area contributed by atoms with Crippen LogP contribution in [0.3, 0.4) is 0 Å². The molecule has 0 spiro atoms. The number of fused-ring (bicyclic) bond motifs is 1. The van der Waals surface area contributed by atoms with Crippen LogP contribution in [0.25, 0.3) is 6.08 Å². The maximum Gasteiger partial charge on any atom is 0.306 e. The topological polar surface area (TPSA) is 104 Å². The highest BCUT2D eigenvalue weighted by Crippen LogP contribution is 2.40. The van der Waals surface area contributed by atoms with Crippen molar-refractivity contribution in [3.63, 3.8) is 0 Å². The quantitative estimate of drug-likeness (QED) is 0.405. The number of thiazole rings is 1. The molecule has 8 heteroatoms. The van der Waals surface area contributed by atoms with Crippen LogP contribution in [0.4, 0.5) is 0 Å². The molecular formula is C29H44N2O5S. The summed E-state index contributed by atoms with van der Waals surface area (Å²) >= 11 is 1.56. The van der Waals surface area contributed by atoms with Gasteiger partial charge in [0.1, 0.15) is 18.5 Å². The first kappa shape index (κ1) is 29.7. The number of rotatable bonds is 5. The number of methoxy groups -OCH3 is 1. The number of aromatic nitrogens is 1. The van der Waals surface area contributed by atoms with Crippen molar-refractivity contribution in [3.05, 3.63) is 21.7 Å². The molecule has 7 nitrogen and oxygen atoms in total. The van der Waals surface area contributed by atoms with E-state index in [1.165, 1.54) is 7.11 Å². The van der Waals surface area contributed by atoms with E-state index >= 15 is 0 Å². The molecule has 2 aliphatic rings. The van der Waals surface area contributed by atoms with Crippen molar-refractivity contribution in [1.29, 1.82) is 0 Å². The average Bonchev–Trinajstić information content (AvgIpc) is 3.37. The predicted molar refractivity (Wildman–Crippen MR) is 146 cm³/mol. The van der Waals surface area contributed by atoms with Gasteiger partial charge in [0.15, 0.2) is 5.78 Å². The van der Waals surface area contributed by atoms with E-state index in [2.05, 4.69) is 17.2 Å². The molecular weight excluding hydrogens is 488 g/mol. The predicted octanol–water partition coefficient (Wildman–Crippen LogP) is 5.30. The number of carbonyl (C=O) groups is 3. The third-order valence-corrected chi connectivity index (χ3v) is 8.82. The van der Waals surface area contributed by atoms with Crippen LogP contribution < -0.4 is 5.32 Å². The minimum atomic E-state index is -0.767. The van der Waals surface area contributed by atoms with Crippen LogP contribution >= 0.6 is 11.3 Å². The summed E-state index contributed by atoms with van der Waals surface area (Å²) in [6.07, 6.45) is 5.93. The van der Waals surface area contributed by atoms with Gasteiger partial charge in [0.05, 0.1) is 16.2 Å². The number of hydrogen-bond donors (Lipinski definition) is 1. The fourth-order valence-electron chi connectivity index (χ4n) is 5.72. The molecule has 1 aromatic rings. The highest BCUT2D eigenvalue weighted by Gasteiger charge is 2.59. The first-order valence-electron chi connectivity index (χ1n) is 13.5. The molecule has 2 aliphatic heterocycles. The second kappa shape index (κ2) is 12.3. The minimum Gasteiger partial charge on any atom is -0.458 e. The van der Waals surface area contributed by atoms with Crippen LogP contribution in [0.5, 0.6) is 0 Å². The molecule has 0 bridgehead atoms. The maximum atomic E-state index is 13.2. The molecule has 0 aromatic carbocycles. The van der Waals surface area contributed by atoms with E-state index in [1.54, 1.807) is 11.3 Å². The molecule has 0 radical (unpaired) electrons. The number of carbonyl (C=O) groups excluding carboxylic acids is 3. The first-order valence-corrected chi connectivity index (χ1v) is 14.4. The normalized spacial score (nSPS) is 31.9. The lowest BCUT2D eigenvalue weighted by Crippen LogP contribution is -2.38. The lowest BCUT2D eigenvalue weighted by Gasteiger charge is -2.29. The molecule has 3 heterocycles. The zero-order valence-corrected chi connectivity index (χ0v) is 24.3. The molecule has 1 aromatic heterocycles. The number of nitrogens with zero attached hydrogens (tertiary/aromatic N) is 1. The maximum absolute atomic E-state index is 13.2. The Balaban J connectivity index is 1.90. The summed E-state index contributed by atoms with van der Waals surface area (Å²) in [4.78, 5) is 44.1. The molecule has 5 unspecified atom stereocenters. The molecule has 1 N–H and O–H groups in total. The summed E-state index contributed by atoms with van der Waals surface area (Å²) in [6.45, 7) is 11.9. The lowest BCUT2D eigenvalue weighted by atomic mass is 9.75. The standard InChI is InChI=1S/C29H44N2O5S/c1-18-9-8-10-24-29(31-24,25(32)16-35-7)15-23(19(2)14-22-17-37-21(4)30-22)36-26(33)11-12-28(5,6)27(34)20(3)13-18/h14,17-18,20,23-24,31H,8-13,15-16H2,1-7H3. The Morgan fingerprint density at radius 1 is 1.30 bits per heavy atom. The zero-order valence-electron chi connectivity index (χ0n) is 23.5. The van der Waals surface area contributed by atoms with Gasteiger partial charge in [-0.25, -0.2) is 4.98 Å². The van der Waals surface area contributed by atoms with Crippen LogP contribution in [-0.2, 0) is 23.9 Å². The Bertz CT molecular complexity index is 1020. The molecule has 0 amide bonds. The highest BCUT2D eigenvalue weighted by molar-refractivity contribution is 7.09. The number of aryl methyl sites for hydroxylation is 1. The Morgan fingerprint density at radius 2 is 2.03 bits per heavy atom. The molecule has 206 valence electrons. The molecule has 0 aliphatic carbocycles. The fraction of sp³-hybridized carbons (Fsp3) is 0.724. The average molecular weight is 533 g/mol. The van der Waals surface area contributed by atoms with Gasteiger partial charge in [0.2, 0.25) is 0 Å². The van der Waals surface area contributed by atoms with E-state index in [-0.39, 0.29) is 42.5 Å². The Labute approximate surface area is 225 Å². The van der Waals surface area contributed by atoms with Gasteiger partial charge in [-0.1, -0.05) is 40.5 Å². The first-order chi connectivity index (χ1) is 17.4. The van der Waals surface area contributed by atoms with Crippen LogP contribution in [0.2, 0.25) is 0 Å². The highest BCUT2D eigenvalue weighted by atomic mass is 32.1. The van der Waals surface area contributed by atoms with Crippen LogP contribution in [0.15, 0.2) is 11.0 Å². The van der Waals surface area contributed by atoms with Gasteiger partial charge in [0, 0.05) is 42.7 Å². The van der Waals surface area contributed by atoms with Crippen LogP contribution in [0, 0.1) is 24.2 Å². The Kier molecular flexibility index (Phi) is 9.86. The third-order valence-electron chi connectivity index (χ3n) is 8.03. The van der Waals surface area contributed by atoms with Gasteiger partial charge in [-0.05, 0) is 50.7 Å². The second-order valence-corrected chi connectivity index (χ2v) is 12.9. The number of hydrogen-bond acceptors (Lipinski definition) is 8. The van der Waals surface area contributed by atoms with E-state index in [1.807, 2.05) is 46.1 Å². The van der Waals surface area contributed by atoms with Crippen molar-refractivity contribution >= 4 is 34.9 Å². The van der Waals surface area contributed by atoms with E-state index in [9.17, 15) is 14.4 Å². The number of ketones is 2. The van der Waals surface area contributed by atoms with Gasteiger partial charge in [-0.2, -0.15) is 0 Å². The van der Waals surface area contributed by atoms with Crippen molar-refractivity contribution < 1.29 is 23.9 Å². The molecule has 5 atom stereocenters. The Morgan fingerprint density at radius 3 is 2.68 bits per heavy atom. The van der Waals surface area contributed by atoms with Gasteiger partial charge in [-0.3, -0.25) is 19.7 Å². The van der Waals surface area contributed by atoms with Crippen molar-refractivity contribution in [3.8, 4) is 0 Å². The van der Waals surface area contributed by atoms with Crippen LogP contribution in [-0.4, -0.2) is 53.9 Å². The van der Waals surface area contributed by atoms with E-state index in [0.29, 0.717) is 18.8 Å². The van der Waals surface area contributed by atoms with Gasteiger partial charge < -0.3 is 9.47 Å². The van der Waals surface area contributed by atoms with E-state index < -0.39 is 17.1 Å². The van der Waals surface area contributed by atoms with Crippen molar-refractivity contribution in [1.82, 2.24) is 10.3 Å². The van der Waals surface area contributed by atoms with Gasteiger partial charge in [-0.15, -0.1) is 11.3 Å².